The summed E-state index contributed by atoms with van der Waals surface area (Å²) in [5, 5.41) is 12.8. The fraction of sp³-hybridized carbons (Fsp3) is 0.364. The maximum absolute atomic E-state index is 12.0. The predicted molar refractivity (Wildman–Crippen MR) is 61.8 cm³/mol. The van der Waals surface area contributed by atoms with Crippen molar-refractivity contribution in [3.63, 3.8) is 0 Å². The molecular weight excluding hydrogens is 220 g/mol. The van der Waals surface area contributed by atoms with Gasteiger partial charge in [-0.1, -0.05) is 17.2 Å². The van der Waals surface area contributed by atoms with Gasteiger partial charge < -0.3 is 10.0 Å². The molecule has 1 amide bonds. The van der Waals surface area contributed by atoms with Gasteiger partial charge >= 0.3 is 0 Å². The third-order valence-corrected chi connectivity index (χ3v) is 2.73. The highest BCUT2D eigenvalue weighted by Crippen LogP contribution is 2.17. The smallest absolute Gasteiger partial charge is 0.253 e. The topological polar surface area (TPSA) is 89.3 Å². The Bertz CT molecular complexity index is 465. The van der Waals surface area contributed by atoms with Crippen molar-refractivity contribution in [2.75, 3.05) is 13.1 Å². The molecule has 0 saturated carbocycles. The lowest BCUT2D eigenvalue weighted by molar-refractivity contribution is 0.0765. The molecule has 88 valence electrons. The van der Waals surface area contributed by atoms with E-state index in [4.69, 9.17) is 5.53 Å². The van der Waals surface area contributed by atoms with E-state index in [1.54, 1.807) is 29.2 Å². The molecule has 0 spiro atoms. The van der Waals surface area contributed by atoms with Gasteiger partial charge in [-0.25, -0.2) is 0 Å². The SMILES string of the molecule is [N-]=[N+]=Nc1ccc(C(=O)N2CCC(O)C2)cc1. The highest BCUT2D eigenvalue weighted by molar-refractivity contribution is 5.94. The quantitative estimate of drug-likeness (QED) is 0.479. The average Bonchev–Trinajstić information content (AvgIpc) is 2.76. The molecule has 1 unspecified atom stereocenters. The van der Waals surface area contributed by atoms with Gasteiger partial charge in [0.2, 0.25) is 0 Å². The first-order valence-corrected chi connectivity index (χ1v) is 5.33. The normalized spacial score (nSPS) is 18.9. The molecule has 1 aromatic rings. The summed E-state index contributed by atoms with van der Waals surface area (Å²) in [5.74, 6) is -0.103. The lowest BCUT2D eigenvalue weighted by Gasteiger charge is -2.15. The lowest BCUT2D eigenvalue weighted by Crippen LogP contribution is -2.29. The molecule has 1 aliphatic heterocycles. The van der Waals surface area contributed by atoms with E-state index >= 15 is 0 Å². The number of rotatable bonds is 2. The van der Waals surface area contributed by atoms with Crippen LogP contribution < -0.4 is 0 Å². The fourth-order valence-electron chi connectivity index (χ4n) is 1.83. The Morgan fingerprint density at radius 2 is 2.18 bits per heavy atom. The first-order valence-electron chi connectivity index (χ1n) is 5.33. The molecule has 1 saturated heterocycles. The van der Waals surface area contributed by atoms with Crippen molar-refractivity contribution in [3.8, 4) is 0 Å². The highest BCUT2D eigenvalue weighted by Gasteiger charge is 2.25. The van der Waals surface area contributed by atoms with E-state index in [9.17, 15) is 9.90 Å². The minimum Gasteiger partial charge on any atom is -0.391 e. The summed E-state index contributed by atoms with van der Waals surface area (Å²) in [5.41, 5.74) is 9.27. The Kier molecular flexibility index (Phi) is 3.27. The second kappa shape index (κ2) is 4.86. The molecule has 6 heteroatoms. The van der Waals surface area contributed by atoms with Gasteiger partial charge in [0.25, 0.3) is 5.91 Å². The number of benzene rings is 1. The number of likely N-dealkylation sites (tertiary alicyclic amines) is 1. The summed E-state index contributed by atoms with van der Waals surface area (Å²) < 4.78 is 0. The molecule has 0 aromatic heterocycles. The molecule has 0 radical (unpaired) electrons. The maximum Gasteiger partial charge on any atom is 0.253 e. The molecule has 1 atom stereocenters. The van der Waals surface area contributed by atoms with Crippen molar-refractivity contribution in [2.24, 2.45) is 5.11 Å². The second-order valence-electron chi connectivity index (χ2n) is 3.93. The van der Waals surface area contributed by atoms with Gasteiger partial charge in [-0.3, -0.25) is 4.79 Å². The summed E-state index contributed by atoms with van der Waals surface area (Å²) in [4.78, 5) is 16.3. The van der Waals surface area contributed by atoms with Gasteiger partial charge in [0.05, 0.1) is 6.10 Å². The van der Waals surface area contributed by atoms with Gasteiger partial charge in [0.1, 0.15) is 0 Å². The van der Waals surface area contributed by atoms with Crippen molar-refractivity contribution in [1.82, 2.24) is 4.90 Å². The number of hydrogen-bond acceptors (Lipinski definition) is 3. The first kappa shape index (κ1) is 11.4. The van der Waals surface area contributed by atoms with Crippen molar-refractivity contribution in [3.05, 3.63) is 40.3 Å². The number of aliphatic hydroxyl groups is 1. The Labute approximate surface area is 98.1 Å². The monoisotopic (exact) mass is 232 g/mol. The minimum atomic E-state index is -0.415. The van der Waals surface area contributed by atoms with Crippen LogP contribution in [-0.2, 0) is 0 Å². The summed E-state index contributed by atoms with van der Waals surface area (Å²) in [7, 11) is 0. The van der Waals surface area contributed by atoms with Crippen LogP contribution in [0.2, 0.25) is 0 Å². The Balaban J connectivity index is 2.11. The van der Waals surface area contributed by atoms with Crippen LogP contribution in [0.15, 0.2) is 29.4 Å². The van der Waals surface area contributed by atoms with E-state index in [1.165, 1.54) is 0 Å². The number of nitrogens with zero attached hydrogens (tertiary/aromatic N) is 4. The number of carbonyl (C=O) groups is 1. The highest BCUT2D eigenvalue weighted by atomic mass is 16.3. The maximum atomic E-state index is 12.0. The van der Waals surface area contributed by atoms with E-state index in [0.29, 0.717) is 30.8 Å². The van der Waals surface area contributed by atoms with Crippen LogP contribution in [0.25, 0.3) is 10.4 Å². The van der Waals surface area contributed by atoms with E-state index in [2.05, 4.69) is 10.0 Å². The van der Waals surface area contributed by atoms with Crippen molar-refractivity contribution >= 4 is 11.6 Å². The summed E-state index contributed by atoms with van der Waals surface area (Å²) >= 11 is 0. The van der Waals surface area contributed by atoms with Gasteiger partial charge in [0, 0.05) is 29.3 Å². The number of aliphatic hydroxyl groups excluding tert-OH is 1. The zero-order valence-electron chi connectivity index (χ0n) is 9.15. The van der Waals surface area contributed by atoms with E-state index in [0.717, 1.165) is 0 Å². The summed E-state index contributed by atoms with van der Waals surface area (Å²) in [6, 6.07) is 6.44. The van der Waals surface area contributed by atoms with E-state index in [1.807, 2.05) is 0 Å². The Hall–Kier alpha value is -2.04. The zero-order valence-corrected chi connectivity index (χ0v) is 9.15. The fourth-order valence-corrected chi connectivity index (χ4v) is 1.83. The molecule has 1 fully saturated rings. The molecule has 0 aliphatic carbocycles. The molecule has 1 aromatic carbocycles. The average molecular weight is 232 g/mol. The largest absolute Gasteiger partial charge is 0.391 e. The number of carbonyl (C=O) groups excluding carboxylic acids is 1. The van der Waals surface area contributed by atoms with Crippen LogP contribution in [0.3, 0.4) is 0 Å². The Morgan fingerprint density at radius 1 is 1.47 bits per heavy atom. The molecular formula is C11H12N4O2. The zero-order chi connectivity index (χ0) is 12.3. The number of β-amino-alcohol motifs (C(OH)–C–C–N with tert-alkyl or cyclic N) is 1. The van der Waals surface area contributed by atoms with Crippen LogP contribution in [0, 0.1) is 0 Å². The van der Waals surface area contributed by atoms with Gasteiger partial charge in [0.15, 0.2) is 0 Å². The third kappa shape index (κ3) is 2.55. The van der Waals surface area contributed by atoms with E-state index < -0.39 is 6.10 Å². The number of azide groups is 1. The van der Waals surface area contributed by atoms with Gasteiger partial charge in [-0.2, -0.15) is 0 Å². The van der Waals surface area contributed by atoms with Gasteiger partial charge in [-0.05, 0) is 24.1 Å². The number of amides is 1. The molecule has 1 aliphatic rings. The first-order chi connectivity index (χ1) is 8.20. The number of hydrogen-bond donors (Lipinski definition) is 1. The minimum absolute atomic E-state index is 0.103. The van der Waals surface area contributed by atoms with Crippen molar-refractivity contribution < 1.29 is 9.90 Å². The molecule has 1 N–H and O–H groups in total. The second-order valence-corrected chi connectivity index (χ2v) is 3.93. The molecule has 1 heterocycles. The summed E-state index contributed by atoms with van der Waals surface area (Å²) in [6.07, 6.45) is 0.212. The van der Waals surface area contributed by atoms with E-state index in [-0.39, 0.29) is 5.91 Å². The van der Waals surface area contributed by atoms with Crippen LogP contribution in [0.4, 0.5) is 5.69 Å². The predicted octanol–water partition coefficient (Wildman–Crippen LogP) is 1.84. The Morgan fingerprint density at radius 3 is 2.71 bits per heavy atom. The lowest BCUT2D eigenvalue weighted by atomic mass is 10.2. The standard InChI is InChI=1S/C11H12N4O2/c12-14-13-9-3-1-8(2-4-9)11(17)15-6-5-10(16)7-15/h1-4,10,16H,5-7H2. The molecule has 17 heavy (non-hydrogen) atoms. The molecule has 0 bridgehead atoms. The third-order valence-electron chi connectivity index (χ3n) is 2.73. The molecule has 2 rings (SSSR count). The van der Waals surface area contributed by atoms with Crippen molar-refractivity contribution in [2.45, 2.75) is 12.5 Å². The van der Waals surface area contributed by atoms with Gasteiger partial charge in [-0.15, -0.1) is 0 Å². The van der Waals surface area contributed by atoms with Crippen LogP contribution in [0.5, 0.6) is 0 Å². The van der Waals surface area contributed by atoms with Crippen LogP contribution >= 0.6 is 0 Å². The summed E-state index contributed by atoms with van der Waals surface area (Å²) in [6.45, 7) is 0.967. The van der Waals surface area contributed by atoms with Crippen LogP contribution in [-0.4, -0.2) is 35.1 Å². The van der Waals surface area contributed by atoms with Crippen LogP contribution in [0.1, 0.15) is 16.8 Å². The van der Waals surface area contributed by atoms with Crippen molar-refractivity contribution in [1.29, 1.82) is 0 Å². The molecule has 6 nitrogen and oxygen atoms in total.